The van der Waals surface area contributed by atoms with E-state index in [2.05, 4.69) is 16.0 Å². The van der Waals surface area contributed by atoms with E-state index in [4.69, 9.17) is 0 Å². The number of carbonyl (C=O) groups excluding carboxylic acids is 2. The van der Waals surface area contributed by atoms with Gasteiger partial charge >= 0.3 is 0 Å². The molecule has 2 rings (SSSR count). The van der Waals surface area contributed by atoms with E-state index in [0.29, 0.717) is 5.69 Å². The molecule has 25 heavy (non-hydrogen) atoms. The molecule has 0 heterocycles. The second kappa shape index (κ2) is 8.33. The third kappa shape index (κ3) is 5.64. The Hall–Kier alpha value is -2.82. The number of anilines is 3. The molecule has 132 valence electrons. The summed E-state index contributed by atoms with van der Waals surface area (Å²) in [6.07, 6.45) is 0. The molecular formula is C20H25N3O2. The molecule has 0 spiro atoms. The molecule has 2 aromatic rings. The van der Waals surface area contributed by atoms with Gasteiger partial charge in [-0.25, -0.2) is 0 Å². The van der Waals surface area contributed by atoms with Gasteiger partial charge in [-0.3, -0.25) is 9.59 Å². The van der Waals surface area contributed by atoms with Crippen LogP contribution in [0.15, 0.2) is 42.5 Å². The van der Waals surface area contributed by atoms with Crippen molar-refractivity contribution < 1.29 is 9.59 Å². The highest BCUT2D eigenvalue weighted by Crippen LogP contribution is 2.16. The van der Waals surface area contributed by atoms with Gasteiger partial charge in [0.15, 0.2) is 0 Å². The lowest BCUT2D eigenvalue weighted by molar-refractivity contribution is -0.119. The van der Waals surface area contributed by atoms with Crippen LogP contribution in [0.2, 0.25) is 0 Å². The van der Waals surface area contributed by atoms with E-state index >= 15 is 0 Å². The number of amides is 2. The fourth-order valence-corrected chi connectivity index (χ4v) is 2.20. The molecule has 0 bridgehead atoms. The summed E-state index contributed by atoms with van der Waals surface area (Å²) in [6.45, 7) is 7.88. The molecule has 0 aromatic heterocycles. The number of aryl methyl sites for hydroxylation is 2. The Kier molecular flexibility index (Phi) is 6.17. The lowest BCUT2D eigenvalue weighted by Gasteiger charge is -2.11. The molecule has 0 aliphatic heterocycles. The molecule has 3 N–H and O–H groups in total. The van der Waals surface area contributed by atoms with E-state index in [0.717, 1.165) is 16.9 Å². The monoisotopic (exact) mass is 339 g/mol. The lowest BCUT2D eigenvalue weighted by atomic mass is 10.1. The summed E-state index contributed by atoms with van der Waals surface area (Å²) >= 11 is 0. The van der Waals surface area contributed by atoms with Gasteiger partial charge in [0.05, 0.1) is 6.54 Å². The summed E-state index contributed by atoms with van der Waals surface area (Å²) in [5.74, 6) is -0.245. The number of carbonyl (C=O) groups is 2. The molecule has 0 saturated carbocycles. The van der Waals surface area contributed by atoms with Gasteiger partial charge in [0.2, 0.25) is 11.8 Å². The number of nitrogens with one attached hydrogen (secondary N) is 3. The van der Waals surface area contributed by atoms with Crippen molar-refractivity contribution in [3.05, 3.63) is 53.6 Å². The number of benzene rings is 2. The van der Waals surface area contributed by atoms with E-state index in [9.17, 15) is 9.59 Å². The van der Waals surface area contributed by atoms with Crippen LogP contribution in [0.1, 0.15) is 25.0 Å². The van der Waals surface area contributed by atoms with Gasteiger partial charge in [0.1, 0.15) is 0 Å². The molecule has 0 fully saturated rings. The Morgan fingerprint density at radius 1 is 0.880 bits per heavy atom. The van der Waals surface area contributed by atoms with Crippen LogP contribution in [0, 0.1) is 19.8 Å². The van der Waals surface area contributed by atoms with Crippen molar-refractivity contribution in [2.24, 2.45) is 5.92 Å². The maximum absolute atomic E-state index is 12.1. The fourth-order valence-electron chi connectivity index (χ4n) is 2.20. The van der Waals surface area contributed by atoms with Crippen LogP contribution in [0.4, 0.5) is 17.1 Å². The molecule has 2 amide bonds. The van der Waals surface area contributed by atoms with Crippen LogP contribution in [0.5, 0.6) is 0 Å². The van der Waals surface area contributed by atoms with Crippen molar-refractivity contribution >= 4 is 28.9 Å². The Bertz CT molecular complexity index is 769. The second-order valence-corrected chi connectivity index (χ2v) is 6.43. The van der Waals surface area contributed by atoms with Crippen LogP contribution in [0.25, 0.3) is 0 Å². The van der Waals surface area contributed by atoms with Gasteiger partial charge in [-0.2, -0.15) is 0 Å². The number of hydrogen-bond acceptors (Lipinski definition) is 3. The maximum Gasteiger partial charge on any atom is 0.243 e. The van der Waals surface area contributed by atoms with Crippen LogP contribution >= 0.6 is 0 Å². The zero-order valence-electron chi connectivity index (χ0n) is 15.1. The Labute approximate surface area is 148 Å². The molecule has 2 aromatic carbocycles. The first-order valence-electron chi connectivity index (χ1n) is 8.37. The fraction of sp³-hybridized carbons (Fsp3) is 0.300. The van der Waals surface area contributed by atoms with Crippen LogP contribution in [0.3, 0.4) is 0 Å². The van der Waals surface area contributed by atoms with Crippen LogP contribution in [-0.2, 0) is 9.59 Å². The molecule has 0 aliphatic carbocycles. The first kappa shape index (κ1) is 18.5. The Morgan fingerprint density at radius 2 is 1.56 bits per heavy atom. The number of rotatable bonds is 6. The van der Waals surface area contributed by atoms with Crippen molar-refractivity contribution in [2.75, 3.05) is 22.5 Å². The van der Waals surface area contributed by atoms with E-state index in [-0.39, 0.29) is 24.3 Å². The molecule has 0 radical (unpaired) electrons. The molecule has 0 atom stereocenters. The predicted molar refractivity (Wildman–Crippen MR) is 103 cm³/mol. The van der Waals surface area contributed by atoms with Gasteiger partial charge in [-0.15, -0.1) is 0 Å². The zero-order chi connectivity index (χ0) is 18.4. The largest absolute Gasteiger partial charge is 0.376 e. The minimum Gasteiger partial charge on any atom is -0.376 e. The quantitative estimate of drug-likeness (QED) is 0.746. The smallest absolute Gasteiger partial charge is 0.243 e. The summed E-state index contributed by atoms with van der Waals surface area (Å²) in [5, 5.41) is 8.78. The second-order valence-electron chi connectivity index (χ2n) is 6.43. The lowest BCUT2D eigenvalue weighted by Crippen LogP contribution is -2.22. The van der Waals surface area contributed by atoms with Crippen molar-refractivity contribution in [2.45, 2.75) is 27.7 Å². The first-order valence-corrected chi connectivity index (χ1v) is 8.37. The van der Waals surface area contributed by atoms with E-state index in [1.807, 2.05) is 70.2 Å². The minimum absolute atomic E-state index is 0.0374. The Balaban J connectivity index is 1.91. The Morgan fingerprint density at radius 3 is 2.24 bits per heavy atom. The van der Waals surface area contributed by atoms with Gasteiger partial charge < -0.3 is 16.0 Å². The van der Waals surface area contributed by atoms with Gasteiger partial charge in [-0.05, 0) is 55.3 Å². The highest BCUT2D eigenvalue weighted by Gasteiger charge is 2.08. The highest BCUT2D eigenvalue weighted by molar-refractivity contribution is 5.94. The van der Waals surface area contributed by atoms with Crippen molar-refractivity contribution in [1.29, 1.82) is 0 Å². The van der Waals surface area contributed by atoms with Crippen LogP contribution in [-0.4, -0.2) is 18.4 Å². The summed E-state index contributed by atoms with van der Waals surface area (Å²) in [4.78, 5) is 23.8. The molecular weight excluding hydrogens is 314 g/mol. The molecule has 5 nitrogen and oxygen atoms in total. The maximum atomic E-state index is 12.1. The van der Waals surface area contributed by atoms with E-state index in [1.165, 1.54) is 5.56 Å². The summed E-state index contributed by atoms with van der Waals surface area (Å²) < 4.78 is 0. The number of hydrogen-bond donors (Lipinski definition) is 3. The molecule has 5 heteroatoms. The zero-order valence-corrected chi connectivity index (χ0v) is 15.1. The highest BCUT2D eigenvalue weighted by atomic mass is 16.2. The molecule has 0 unspecified atom stereocenters. The van der Waals surface area contributed by atoms with Crippen molar-refractivity contribution in [3.8, 4) is 0 Å². The van der Waals surface area contributed by atoms with E-state index in [1.54, 1.807) is 0 Å². The standard InChI is InChI=1S/C20H25N3O2/c1-13(2)20(25)23-17-7-5-6-16(11-17)21-12-19(24)22-18-9-8-14(3)15(4)10-18/h5-11,13,21H,12H2,1-4H3,(H,22,24)(H,23,25). The van der Waals surface area contributed by atoms with Crippen molar-refractivity contribution in [1.82, 2.24) is 0 Å². The normalized spacial score (nSPS) is 10.4. The average molecular weight is 339 g/mol. The summed E-state index contributed by atoms with van der Waals surface area (Å²) in [5.41, 5.74) is 4.60. The molecule has 0 aliphatic rings. The topological polar surface area (TPSA) is 70.2 Å². The average Bonchev–Trinajstić information content (AvgIpc) is 2.56. The summed E-state index contributed by atoms with van der Waals surface area (Å²) in [6, 6.07) is 13.1. The predicted octanol–water partition coefficient (Wildman–Crippen LogP) is 3.95. The van der Waals surface area contributed by atoms with Gasteiger partial charge in [0.25, 0.3) is 0 Å². The summed E-state index contributed by atoms with van der Waals surface area (Å²) in [7, 11) is 0. The first-order chi connectivity index (χ1) is 11.8. The van der Waals surface area contributed by atoms with Gasteiger partial charge in [0, 0.05) is 23.0 Å². The SMILES string of the molecule is Cc1ccc(NC(=O)CNc2cccc(NC(=O)C(C)C)c2)cc1C. The minimum atomic E-state index is -0.125. The van der Waals surface area contributed by atoms with E-state index < -0.39 is 0 Å². The third-order valence-corrected chi connectivity index (χ3v) is 3.90. The molecule has 0 saturated heterocycles. The van der Waals surface area contributed by atoms with Crippen LogP contribution < -0.4 is 16.0 Å². The van der Waals surface area contributed by atoms with Gasteiger partial charge in [-0.1, -0.05) is 26.0 Å². The third-order valence-electron chi connectivity index (χ3n) is 3.90. The van der Waals surface area contributed by atoms with Crippen molar-refractivity contribution in [3.63, 3.8) is 0 Å².